The summed E-state index contributed by atoms with van der Waals surface area (Å²) < 4.78 is 29.2. The molecule has 0 aliphatic carbocycles. The van der Waals surface area contributed by atoms with Crippen LogP contribution in [0.3, 0.4) is 0 Å². The van der Waals surface area contributed by atoms with Gasteiger partial charge in [-0.05, 0) is 74.9 Å². The lowest BCUT2D eigenvalue weighted by Gasteiger charge is -2.32. The van der Waals surface area contributed by atoms with Gasteiger partial charge in [-0.3, -0.25) is 13.9 Å². The average molecular weight is 607 g/mol. The molecule has 0 saturated carbocycles. The van der Waals surface area contributed by atoms with E-state index in [0.717, 1.165) is 14.3 Å². The Hall–Kier alpha value is -2.88. The first-order chi connectivity index (χ1) is 17.5. The van der Waals surface area contributed by atoms with Crippen molar-refractivity contribution in [1.29, 1.82) is 0 Å². The molecule has 0 aliphatic rings. The van der Waals surface area contributed by atoms with Crippen LogP contribution in [0.15, 0.2) is 88.2 Å². The molecule has 37 heavy (non-hydrogen) atoms. The molecular formula is C27H29BrClN3O4S. The molecule has 3 aromatic rings. The minimum absolute atomic E-state index is 0.00214. The topological polar surface area (TPSA) is 86.8 Å². The van der Waals surface area contributed by atoms with Gasteiger partial charge in [0.2, 0.25) is 11.8 Å². The summed E-state index contributed by atoms with van der Waals surface area (Å²) in [6.45, 7) is 4.92. The van der Waals surface area contributed by atoms with Crippen LogP contribution >= 0.6 is 27.5 Å². The van der Waals surface area contributed by atoms with E-state index in [1.807, 2.05) is 38.1 Å². The summed E-state index contributed by atoms with van der Waals surface area (Å²) in [7, 11) is -4.12. The summed E-state index contributed by atoms with van der Waals surface area (Å²) >= 11 is 9.40. The monoisotopic (exact) mass is 605 g/mol. The fourth-order valence-electron chi connectivity index (χ4n) is 3.68. The molecular weight excluding hydrogens is 578 g/mol. The molecule has 0 aliphatic heterocycles. The number of rotatable bonds is 10. The highest BCUT2D eigenvalue weighted by molar-refractivity contribution is 9.10. The Morgan fingerprint density at radius 3 is 2.19 bits per heavy atom. The van der Waals surface area contributed by atoms with Gasteiger partial charge in [0.05, 0.1) is 10.6 Å². The van der Waals surface area contributed by atoms with E-state index in [4.69, 9.17) is 11.6 Å². The largest absolute Gasteiger partial charge is 0.352 e. The number of nitrogens with one attached hydrogen (secondary N) is 1. The van der Waals surface area contributed by atoms with Gasteiger partial charge in [0.15, 0.2) is 0 Å². The highest BCUT2D eigenvalue weighted by Gasteiger charge is 2.32. The molecule has 0 radical (unpaired) electrons. The Bertz CT molecular complexity index is 1340. The molecule has 2 amide bonds. The Morgan fingerprint density at radius 1 is 0.946 bits per heavy atom. The Balaban J connectivity index is 2.00. The molecule has 0 bridgehead atoms. The first-order valence-electron chi connectivity index (χ1n) is 11.7. The molecule has 0 aromatic heterocycles. The maximum Gasteiger partial charge on any atom is 0.264 e. The van der Waals surface area contributed by atoms with Crippen molar-refractivity contribution < 1.29 is 18.0 Å². The summed E-state index contributed by atoms with van der Waals surface area (Å²) in [5.74, 6) is -0.849. The Morgan fingerprint density at radius 2 is 1.59 bits per heavy atom. The molecule has 0 fully saturated rings. The SMILES string of the molecule is CC(C)NC(=O)[C@@H](C)N(Cc1cccc(Br)c1)C(=O)CN(c1ccccc1)S(=O)(=O)c1ccc(Cl)cc1. The molecule has 0 saturated heterocycles. The van der Waals surface area contributed by atoms with E-state index >= 15 is 0 Å². The van der Waals surface area contributed by atoms with Crippen molar-refractivity contribution in [3.63, 3.8) is 0 Å². The summed E-state index contributed by atoms with van der Waals surface area (Å²) in [5.41, 5.74) is 1.12. The van der Waals surface area contributed by atoms with E-state index in [1.165, 1.54) is 29.2 Å². The van der Waals surface area contributed by atoms with Crippen LogP contribution in [-0.4, -0.2) is 43.8 Å². The van der Waals surface area contributed by atoms with Crippen molar-refractivity contribution in [2.24, 2.45) is 0 Å². The number of hydrogen-bond acceptors (Lipinski definition) is 4. The van der Waals surface area contributed by atoms with Gasteiger partial charge in [-0.15, -0.1) is 0 Å². The minimum atomic E-state index is -4.12. The van der Waals surface area contributed by atoms with Crippen molar-refractivity contribution in [3.8, 4) is 0 Å². The molecule has 0 spiro atoms. The number of amides is 2. The second-order valence-corrected chi connectivity index (χ2v) is 12.0. The first-order valence-corrected chi connectivity index (χ1v) is 14.3. The molecule has 1 N–H and O–H groups in total. The summed E-state index contributed by atoms with van der Waals surface area (Å²) in [6.07, 6.45) is 0. The number of benzene rings is 3. The van der Waals surface area contributed by atoms with E-state index < -0.39 is 28.5 Å². The fraction of sp³-hybridized carbons (Fsp3) is 0.259. The van der Waals surface area contributed by atoms with Gasteiger partial charge in [-0.1, -0.05) is 57.9 Å². The van der Waals surface area contributed by atoms with Gasteiger partial charge >= 0.3 is 0 Å². The van der Waals surface area contributed by atoms with Crippen LogP contribution in [0.4, 0.5) is 5.69 Å². The molecule has 10 heteroatoms. The van der Waals surface area contributed by atoms with Crippen LogP contribution in [0.25, 0.3) is 0 Å². The molecule has 0 unspecified atom stereocenters. The second kappa shape index (κ2) is 12.6. The number of nitrogens with zero attached hydrogens (tertiary/aromatic N) is 2. The van der Waals surface area contributed by atoms with Crippen LogP contribution in [0, 0.1) is 0 Å². The van der Waals surface area contributed by atoms with Gasteiger partial charge < -0.3 is 10.2 Å². The van der Waals surface area contributed by atoms with Crippen molar-refractivity contribution in [1.82, 2.24) is 10.2 Å². The van der Waals surface area contributed by atoms with E-state index in [9.17, 15) is 18.0 Å². The predicted molar refractivity (Wildman–Crippen MR) is 150 cm³/mol. The molecule has 3 aromatic carbocycles. The molecule has 7 nitrogen and oxygen atoms in total. The van der Waals surface area contributed by atoms with Gasteiger partial charge in [-0.2, -0.15) is 0 Å². The number of sulfonamides is 1. The maximum absolute atomic E-state index is 13.8. The lowest BCUT2D eigenvalue weighted by molar-refractivity contribution is -0.139. The van der Waals surface area contributed by atoms with Crippen molar-refractivity contribution in [2.75, 3.05) is 10.8 Å². The summed E-state index contributed by atoms with van der Waals surface area (Å²) in [5, 5.41) is 3.23. The van der Waals surface area contributed by atoms with E-state index in [2.05, 4.69) is 21.2 Å². The minimum Gasteiger partial charge on any atom is -0.352 e. The first kappa shape index (κ1) is 28.7. The number of anilines is 1. The lowest BCUT2D eigenvalue weighted by Crippen LogP contribution is -2.52. The normalized spacial score (nSPS) is 12.2. The number of carbonyl (C=O) groups is 2. The summed E-state index contributed by atoms with van der Waals surface area (Å²) in [6, 6.07) is 20.6. The Kier molecular flexibility index (Phi) is 9.75. The van der Waals surface area contributed by atoms with Gasteiger partial charge in [0.25, 0.3) is 10.0 Å². The zero-order valence-electron chi connectivity index (χ0n) is 20.8. The van der Waals surface area contributed by atoms with E-state index in [-0.39, 0.29) is 23.4 Å². The maximum atomic E-state index is 13.8. The molecule has 3 rings (SSSR count). The van der Waals surface area contributed by atoms with Crippen molar-refractivity contribution in [2.45, 2.75) is 44.3 Å². The second-order valence-electron chi connectivity index (χ2n) is 8.79. The number of hydrogen-bond donors (Lipinski definition) is 1. The summed E-state index contributed by atoms with van der Waals surface area (Å²) in [4.78, 5) is 28.1. The van der Waals surface area contributed by atoms with Crippen molar-refractivity contribution >= 4 is 55.1 Å². The average Bonchev–Trinajstić information content (AvgIpc) is 2.85. The third-order valence-corrected chi connectivity index (χ3v) is 8.10. The third-order valence-electron chi connectivity index (χ3n) is 5.56. The fourth-order valence-corrected chi connectivity index (χ4v) is 5.66. The molecule has 1 atom stereocenters. The van der Waals surface area contributed by atoms with Crippen LogP contribution in [0.1, 0.15) is 26.3 Å². The highest BCUT2D eigenvalue weighted by Crippen LogP contribution is 2.25. The van der Waals surface area contributed by atoms with Gasteiger partial charge in [0, 0.05) is 22.1 Å². The van der Waals surface area contributed by atoms with Crippen molar-refractivity contribution in [3.05, 3.63) is 93.9 Å². The number of halogens is 2. The van der Waals surface area contributed by atoms with Crippen LogP contribution in [0.5, 0.6) is 0 Å². The number of carbonyl (C=O) groups excluding carboxylic acids is 2. The van der Waals surface area contributed by atoms with Crippen LogP contribution < -0.4 is 9.62 Å². The highest BCUT2D eigenvalue weighted by atomic mass is 79.9. The van der Waals surface area contributed by atoms with Crippen LogP contribution in [0.2, 0.25) is 5.02 Å². The van der Waals surface area contributed by atoms with E-state index in [1.54, 1.807) is 37.3 Å². The third kappa shape index (κ3) is 7.56. The van der Waals surface area contributed by atoms with E-state index in [0.29, 0.717) is 10.7 Å². The smallest absolute Gasteiger partial charge is 0.264 e. The van der Waals surface area contributed by atoms with Gasteiger partial charge in [0.1, 0.15) is 12.6 Å². The Labute approximate surface area is 231 Å². The molecule has 0 heterocycles. The quantitative estimate of drug-likeness (QED) is 0.342. The molecule has 196 valence electrons. The van der Waals surface area contributed by atoms with Crippen LogP contribution in [-0.2, 0) is 26.2 Å². The standard InChI is InChI=1S/C27H29BrClN3O4S/c1-19(2)30-27(34)20(3)31(17-21-8-7-9-22(28)16-21)26(33)18-32(24-10-5-4-6-11-24)37(35,36)25-14-12-23(29)13-15-25/h4-16,19-20H,17-18H2,1-3H3,(H,30,34)/t20-/m1/s1. The number of para-hydroxylation sites is 1. The zero-order chi connectivity index (χ0) is 27.2. The lowest BCUT2D eigenvalue weighted by atomic mass is 10.1. The zero-order valence-corrected chi connectivity index (χ0v) is 23.9. The predicted octanol–water partition coefficient (Wildman–Crippen LogP) is 5.24. The van der Waals surface area contributed by atoms with Gasteiger partial charge in [-0.25, -0.2) is 8.42 Å².